The fraction of sp³-hybridized carbons (Fsp3) is 0.533. The summed E-state index contributed by atoms with van der Waals surface area (Å²) in [6.07, 6.45) is 0. The third-order valence-corrected chi connectivity index (χ3v) is 5.16. The van der Waals surface area contributed by atoms with Crippen LogP contribution in [0.5, 0.6) is 5.75 Å². The molecule has 1 aliphatic rings. The van der Waals surface area contributed by atoms with Crippen LogP contribution in [0.25, 0.3) is 0 Å². The zero-order valence-electron chi connectivity index (χ0n) is 13.3. The Kier molecular flexibility index (Phi) is 5.45. The molecule has 1 fully saturated rings. The molecule has 128 valence electrons. The highest BCUT2D eigenvalue weighted by Gasteiger charge is 2.42. The van der Waals surface area contributed by atoms with E-state index in [-0.39, 0.29) is 25.2 Å². The maximum atomic E-state index is 12.8. The van der Waals surface area contributed by atoms with Crippen molar-refractivity contribution in [2.75, 3.05) is 19.8 Å². The molecule has 8 heteroatoms. The van der Waals surface area contributed by atoms with Crippen LogP contribution in [0.3, 0.4) is 0 Å². The second-order valence-electron chi connectivity index (χ2n) is 6.08. The molecule has 0 spiro atoms. The number of carbonyl (C=O) groups is 1. The van der Waals surface area contributed by atoms with Crippen molar-refractivity contribution in [3.63, 3.8) is 0 Å². The van der Waals surface area contributed by atoms with Crippen LogP contribution in [-0.4, -0.2) is 31.6 Å². The van der Waals surface area contributed by atoms with Gasteiger partial charge in [0.2, 0.25) is 0 Å². The van der Waals surface area contributed by atoms with Gasteiger partial charge in [-0.1, -0.05) is 13.8 Å². The Bertz CT molecular complexity index is 586. The lowest BCUT2D eigenvalue weighted by Crippen LogP contribution is -2.33. The van der Waals surface area contributed by atoms with Crippen LogP contribution in [0.4, 0.5) is 4.39 Å². The van der Waals surface area contributed by atoms with Gasteiger partial charge in [0.25, 0.3) is 0 Å². The molecule has 0 aliphatic carbocycles. The van der Waals surface area contributed by atoms with Gasteiger partial charge in [-0.25, -0.2) is 9.18 Å². The first-order chi connectivity index (χ1) is 10.7. The first kappa shape index (κ1) is 17.9. The molecule has 23 heavy (non-hydrogen) atoms. The normalized spacial score (nSPS) is 20.5. The molecule has 1 heterocycles. The molecule has 0 N–H and O–H groups in total. The smallest absolute Gasteiger partial charge is 0.370 e. The molecule has 1 saturated heterocycles. The van der Waals surface area contributed by atoms with Gasteiger partial charge in [0, 0.05) is 5.41 Å². The summed E-state index contributed by atoms with van der Waals surface area (Å²) >= 11 is 0. The third-order valence-electron chi connectivity index (χ3n) is 3.19. The highest BCUT2D eigenvalue weighted by atomic mass is 31.2. The van der Waals surface area contributed by atoms with Crippen LogP contribution in [0.1, 0.15) is 20.8 Å². The van der Waals surface area contributed by atoms with E-state index in [1.54, 1.807) is 0 Å². The van der Waals surface area contributed by atoms with Crippen LogP contribution in [-0.2, 0) is 23.1 Å². The minimum atomic E-state index is -3.49. The maximum Gasteiger partial charge on any atom is 0.370 e. The summed E-state index contributed by atoms with van der Waals surface area (Å²) in [5.41, 5.74) is -0.233. The summed E-state index contributed by atoms with van der Waals surface area (Å²) in [5, 5.41) is 0. The molecule has 1 atom stereocenters. The van der Waals surface area contributed by atoms with E-state index in [0.29, 0.717) is 5.75 Å². The Morgan fingerprint density at radius 2 is 1.87 bits per heavy atom. The summed E-state index contributed by atoms with van der Waals surface area (Å²) < 4.78 is 46.0. The molecule has 0 bridgehead atoms. The van der Waals surface area contributed by atoms with Gasteiger partial charge in [-0.05, 0) is 31.2 Å². The van der Waals surface area contributed by atoms with Crippen LogP contribution in [0.2, 0.25) is 0 Å². The van der Waals surface area contributed by atoms with Gasteiger partial charge in [0.15, 0.2) is 12.5 Å². The minimum absolute atomic E-state index is 0.233. The molecule has 0 aromatic heterocycles. The quantitative estimate of drug-likeness (QED) is 0.601. The Labute approximate surface area is 134 Å². The van der Waals surface area contributed by atoms with E-state index in [2.05, 4.69) is 0 Å². The number of halogens is 1. The molecule has 0 saturated carbocycles. The van der Waals surface area contributed by atoms with Crippen LogP contribution >= 0.6 is 7.60 Å². The molecule has 6 nitrogen and oxygen atoms in total. The SMILES string of the molecule is CC(OC(=O)COc1ccc(F)cc1)P1(=O)OCC(C)(C)CO1. The molecule has 1 unspecified atom stereocenters. The number of hydrogen-bond donors (Lipinski definition) is 0. The summed E-state index contributed by atoms with van der Waals surface area (Å²) in [4.78, 5) is 11.8. The van der Waals surface area contributed by atoms with Crippen molar-refractivity contribution in [1.82, 2.24) is 0 Å². The first-order valence-corrected chi connectivity index (χ1v) is 8.78. The van der Waals surface area contributed by atoms with Gasteiger partial charge in [-0.2, -0.15) is 0 Å². The number of ether oxygens (including phenoxy) is 2. The Hall–Kier alpha value is -1.43. The molecular weight excluding hydrogens is 326 g/mol. The maximum absolute atomic E-state index is 12.8. The fourth-order valence-electron chi connectivity index (χ4n) is 1.78. The zero-order valence-corrected chi connectivity index (χ0v) is 14.2. The fourth-order valence-corrected chi connectivity index (χ4v) is 3.58. The molecule has 1 aromatic carbocycles. The third kappa shape index (κ3) is 5.03. The van der Waals surface area contributed by atoms with E-state index < -0.39 is 25.2 Å². The summed E-state index contributed by atoms with van der Waals surface area (Å²) in [6.45, 7) is 5.43. The number of esters is 1. The van der Waals surface area contributed by atoms with Gasteiger partial charge in [-0.15, -0.1) is 0 Å². The van der Waals surface area contributed by atoms with Crippen LogP contribution < -0.4 is 4.74 Å². The topological polar surface area (TPSA) is 71.1 Å². The average molecular weight is 346 g/mol. The summed E-state index contributed by atoms with van der Waals surface area (Å²) in [7, 11) is -3.49. The second kappa shape index (κ2) is 6.99. The number of hydrogen-bond acceptors (Lipinski definition) is 6. The monoisotopic (exact) mass is 346 g/mol. The van der Waals surface area contributed by atoms with Crippen molar-refractivity contribution in [2.24, 2.45) is 5.41 Å². The zero-order chi connectivity index (χ0) is 17.1. The van der Waals surface area contributed by atoms with Crippen LogP contribution in [0.15, 0.2) is 24.3 Å². The van der Waals surface area contributed by atoms with Crippen molar-refractivity contribution in [3.05, 3.63) is 30.1 Å². The molecular formula is C15H20FO6P. The molecule has 1 aliphatic heterocycles. The van der Waals surface area contributed by atoms with Crippen molar-refractivity contribution >= 4 is 13.6 Å². The lowest BCUT2D eigenvalue weighted by molar-refractivity contribution is -0.148. The molecule has 0 amide bonds. The van der Waals surface area contributed by atoms with Gasteiger partial charge in [0.1, 0.15) is 11.6 Å². The standard InChI is InChI=1S/C15H20FO6P/c1-11(23(18)20-9-15(2,3)10-21-23)22-14(17)8-19-13-6-4-12(16)5-7-13/h4-7,11H,8-10H2,1-3H3. The number of carbonyl (C=O) groups excluding carboxylic acids is 1. The number of rotatable bonds is 5. The number of benzene rings is 1. The summed E-state index contributed by atoms with van der Waals surface area (Å²) in [5.74, 6) is -1.81. The van der Waals surface area contributed by atoms with Gasteiger partial charge in [0.05, 0.1) is 13.2 Å². The largest absolute Gasteiger partial charge is 0.482 e. The van der Waals surface area contributed by atoms with Crippen LogP contribution in [0, 0.1) is 11.2 Å². The van der Waals surface area contributed by atoms with Crippen molar-refractivity contribution in [1.29, 1.82) is 0 Å². The van der Waals surface area contributed by atoms with E-state index in [0.717, 1.165) is 0 Å². The highest BCUT2D eigenvalue weighted by molar-refractivity contribution is 7.54. The van der Waals surface area contributed by atoms with E-state index in [1.807, 2.05) is 13.8 Å². The van der Waals surface area contributed by atoms with Crippen molar-refractivity contribution in [2.45, 2.75) is 26.6 Å². The lowest BCUT2D eigenvalue weighted by Gasteiger charge is -2.35. The van der Waals surface area contributed by atoms with Crippen molar-refractivity contribution in [3.8, 4) is 5.75 Å². The van der Waals surface area contributed by atoms with Gasteiger partial charge in [-0.3, -0.25) is 4.57 Å². The lowest BCUT2D eigenvalue weighted by atomic mass is 9.97. The van der Waals surface area contributed by atoms with E-state index in [1.165, 1.54) is 31.2 Å². The van der Waals surface area contributed by atoms with E-state index >= 15 is 0 Å². The molecule has 2 rings (SSSR count). The van der Waals surface area contributed by atoms with Gasteiger partial charge < -0.3 is 18.5 Å². The van der Waals surface area contributed by atoms with Crippen molar-refractivity contribution < 1.29 is 32.3 Å². The second-order valence-corrected chi connectivity index (χ2v) is 8.41. The Balaban J connectivity index is 1.82. The molecule has 0 radical (unpaired) electrons. The Morgan fingerprint density at radius 3 is 2.43 bits per heavy atom. The molecule has 1 aromatic rings. The predicted octanol–water partition coefficient (Wildman–Crippen LogP) is 3.36. The summed E-state index contributed by atoms with van der Waals surface area (Å²) in [6, 6.07) is 5.22. The minimum Gasteiger partial charge on any atom is -0.482 e. The first-order valence-electron chi connectivity index (χ1n) is 7.17. The van der Waals surface area contributed by atoms with Gasteiger partial charge >= 0.3 is 13.6 Å². The average Bonchev–Trinajstić information content (AvgIpc) is 2.50. The van der Waals surface area contributed by atoms with E-state index in [9.17, 15) is 13.8 Å². The Morgan fingerprint density at radius 1 is 1.30 bits per heavy atom. The highest BCUT2D eigenvalue weighted by Crippen LogP contribution is 2.57. The van der Waals surface area contributed by atoms with E-state index in [4.69, 9.17) is 18.5 Å². The predicted molar refractivity (Wildman–Crippen MR) is 80.7 cm³/mol.